The molecule has 2 rings (SSSR count). The van der Waals surface area contributed by atoms with Crippen molar-refractivity contribution in [3.63, 3.8) is 0 Å². The maximum absolute atomic E-state index is 13.0. The molecule has 1 aromatic carbocycles. The number of nitrogens with one attached hydrogen (secondary N) is 1. The molecule has 134 valence electrons. The molecule has 0 aliphatic rings. The van der Waals surface area contributed by atoms with Gasteiger partial charge in [0.25, 0.3) is 5.91 Å². The number of carboxylic acid groups (broad SMARTS) is 1. The van der Waals surface area contributed by atoms with Crippen molar-refractivity contribution in [1.82, 2.24) is 10.3 Å². The fourth-order valence-corrected chi connectivity index (χ4v) is 3.45. The molecule has 0 saturated heterocycles. The summed E-state index contributed by atoms with van der Waals surface area (Å²) in [6.45, 7) is 5.69. The molecule has 5 nitrogen and oxygen atoms in total. The van der Waals surface area contributed by atoms with Crippen molar-refractivity contribution in [3.8, 4) is 10.6 Å². The lowest BCUT2D eigenvalue weighted by molar-refractivity contribution is -0.142. The number of amides is 1. The summed E-state index contributed by atoms with van der Waals surface area (Å²) in [5.74, 6) is -1.97. The predicted octanol–water partition coefficient (Wildman–Crippen LogP) is 3.73. The average molecular weight is 364 g/mol. The van der Waals surface area contributed by atoms with Gasteiger partial charge in [0.2, 0.25) is 0 Å². The Morgan fingerprint density at radius 1 is 1.28 bits per heavy atom. The van der Waals surface area contributed by atoms with E-state index in [1.807, 2.05) is 13.8 Å². The van der Waals surface area contributed by atoms with Gasteiger partial charge in [0.1, 0.15) is 15.7 Å². The SMILES string of the molecule is Cc1nc(-c2ccc(F)cc2)sc1C(=O)NCC(CC(C)C)C(=O)O. The molecular formula is C18H21FN2O3S. The summed E-state index contributed by atoms with van der Waals surface area (Å²) < 4.78 is 13.0. The Hall–Kier alpha value is -2.28. The summed E-state index contributed by atoms with van der Waals surface area (Å²) in [4.78, 5) is 28.5. The molecule has 1 amide bonds. The minimum Gasteiger partial charge on any atom is -0.481 e. The quantitative estimate of drug-likeness (QED) is 0.784. The van der Waals surface area contributed by atoms with E-state index in [1.165, 1.54) is 23.5 Å². The van der Waals surface area contributed by atoms with Gasteiger partial charge in [0.05, 0.1) is 11.6 Å². The molecule has 0 bridgehead atoms. The van der Waals surface area contributed by atoms with Crippen LogP contribution in [0.2, 0.25) is 0 Å². The van der Waals surface area contributed by atoms with Crippen molar-refractivity contribution >= 4 is 23.2 Å². The van der Waals surface area contributed by atoms with E-state index in [0.29, 0.717) is 22.0 Å². The largest absolute Gasteiger partial charge is 0.481 e. The van der Waals surface area contributed by atoms with E-state index < -0.39 is 11.9 Å². The van der Waals surface area contributed by atoms with Gasteiger partial charge >= 0.3 is 5.97 Å². The summed E-state index contributed by atoms with van der Waals surface area (Å²) in [6.07, 6.45) is 0.498. The molecule has 1 unspecified atom stereocenters. The lowest BCUT2D eigenvalue weighted by Gasteiger charge is -2.15. The molecule has 0 spiro atoms. The van der Waals surface area contributed by atoms with Crippen LogP contribution in [0.5, 0.6) is 0 Å². The zero-order valence-electron chi connectivity index (χ0n) is 14.4. The number of aryl methyl sites for hydroxylation is 1. The third-order valence-corrected chi connectivity index (χ3v) is 4.91. The lowest BCUT2D eigenvalue weighted by atomic mass is 9.97. The van der Waals surface area contributed by atoms with Gasteiger partial charge in [-0.1, -0.05) is 13.8 Å². The number of benzene rings is 1. The third-order valence-electron chi connectivity index (χ3n) is 3.71. The van der Waals surface area contributed by atoms with E-state index in [-0.39, 0.29) is 24.2 Å². The first-order chi connectivity index (χ1) is 11.8. The molecule has 1 heterocycles. The number of thiazole rings is 1. The van der Waals surface area contributed by atoms with Gasteiger partial charge in [-0.3, -0.25) is 9.59 Å². The molecule has 1 aromatic heterocycles. The van der Waals surface area contributed by atoms with Crippen LogP contribution in [0.4, 0.5) is 4.39 Å². The molecule has 7 heteroatoms. The Labute approximate surface area is 149 Å². The fraction of sp³-hybridized carbons (Fsp3) is 0.389. The van der Waals surface area contributed by atoms with Crippen LogP contribution in [0.15, 0.2) is 24.3 Å². The van der Waals surface area contributed by atoms with E-state index in [4.69, 9.17) is 0 Å². The van der Waals surface area contributed by atoms with Crippen molar-refractivity contribution in [3.05, 3.63) is 40.7 Å². The van der Waals surface area contributed by atoms with Gasteiger partial charge < -0.3 is 10.4 Å². The number of rotatable bonds is 7. The van der Waals surface area contributed by atoms with E-state index in [1.54, 1.807) is 19.1 Å². The van der Waals surface area contributed by atoms with E-state index in [9.17, 15) is 19.1 Å². The minimum atomic E-state index is -0.915. The van der Waals surface area contributed by atoms with Crippen LogP contribution in [0.3, 0.4) is 0 Å². The maximum atomic E-state index is 13.0. The maximum Gasteiger partial charge on any atom is 0.308 e. The van der Waals surface area contributed by atoms with Crippen molar-refractivity contribution in [2.24, 2.45) is 11.8 Å². The molecule has 0 fully saturated rings. The summed E-state index contributed by atoms with van der Waals surface area (Å²) in [5, 5.41) is 12.6. The Balaban J connectivity index is 2.09. The Bertz CT molecular complexity index is 756. The van der Waals surface area contributed by atoms with Gasteiger partial charge in [-0.25, -0.2) is 9.37 Å². The minimum absolute atomic E-state index is 0.0789. The van der Waals surface area contributed by atoms with Gasteiger partial charge in [-0.15, -0.1) is 11.3 Å². The van der Waals surface area contributed by atoms with Crippen LogP contribution >= 0.6 is 11.3 Å². The van der Waals surface area contributed by atoms with Crippen LogP contribution in [-0.4, -0.2) is 28.5 Å². The van der Waals surface area contributed by atoms with E-state index >= 15 is 0 Å². The third kappa shape index (κ3) is 5.09. The van der Waals surface area contributed by atoms with Gasteiger partial charge in [-0.05, 0) is 43.5 Å². The average Bonchev–Trinajstić information content (AvgIpc) is 2.93. The Kier molecular flexibility index (Phi) is 6.25. The summed E-state index contributed by atoms with van der Waals surface area (Å²) in [7, 11) is 0. The number of nitrogens with zero attached hydrogens (tertiary/aromatic N) is 1. The molecule has 2 N–H and O–H groups in total. The molecule has 2 aromatic rings. The van der Waals surface area contributed by atoms with Crippen molar-refractivity contribution in [2.45, 2.75) is 27.2 Å². The van der Waals surface area contributed by atoms with E-state index in [2.05, 4.69) is 10.3 Å². The normalized spacial score (nSPS) is 12.2. The highest BCUT2D eigenvalue weighted by Gasteiger charge is 2.22. The fourth-order valence-electron chi connectivity index (χ4n) is 2.46. The smallest absolute Gasteiger partial charge is 0.308 e. The van der Waals surface area contributed by atoms with Crippen molar-refractivity contribution < 1.29 is 19.1 Å². The highest BCUT2D eigenvalue weighted by atomic mass is 32.1. The first-order valence-corrected chi connectivity index (χ1v) is 8.84. The molecule has 25 heavy (non-hydrogen) atoms. The molecule has 0 aliphatic heterocycles. The molecular weight excluding hydrogens is 343 g/mol. The topological polar surface area (TPSA) is 79.3 Å². The second-order valence-electron chi connectivity index (χ2n) is 6.32. The zero-order chi connectivity index (χ0) is 18.6. The predicted molar refractivity (Wildman–Crippen MR) is 95.2 cm³/mol. The number of hydrogen-bond acceptors (Lipinski definition) is 4. The number of aliphatic carboxylic acids is 1. The standard InChI is InChI=1S/C18H21FN2O3S/c1-10(2)8-13(18(23)24)9-20-16(22)15-11(3)21-17(25-15)12-4-6-14(19)7-5-12/h4-7,10,13H,8-9H2,1-3H3,(H,20,22)(H,23,24). The van der Waals surface area contributed by atoms with Crippen LogP contribution < -0.4 is 5.32 Å². The van der Waals surface area contributed by atoms with Crippen LogP contribution in [0, 0.1) is 24.6 Å². The number of hydrogen-bond donors (Lipinski definition) is 2. The molecule has 0 radical (unpaired) electrons. The summed E-state index contributed by atoms with van der Waals surface area (Å²) >= 11 is 1.21. The van der Waals surface area contributed by atoms with Gasteiger partial charge in [-0.2, -0.15) is 0 Å². The lowest BCUT2D eigenvalue weighted by Crippen LogP contribution is -2.33. The highest BCUT2D eigenvalue weighted by molar-refractivity contribution is 7.17. The molecule has 0 saturated carbocycles. The first-order valence-electron chi connectivity index (χ1n) is 8.02. The number of carboxylic acids is 1. The Morgan fingerprint density at radius 2 is 1.92 bits per heavy atom. The summed E-state index contributed by atoms with van der Waals surface area (Å²) in [6, 6.07) is 5.90. The van der Waals surface area contributed by atoms with Gasteiger partial charge in [0.15, 0.2) is 0 Å². The van der Waals surface area contributed by atoms with Crippen LogP contribution in [0.1, 0.15) is 35.6 Å². The monoisotopic (exact) mass is 364 g/mol. The Morgan fingerprint density at radius 3 is 2.48 bits per heavy atom. The second-order valence-corrected chi connectivity index (χ2v) is 7.31. The summed E-state index contributed by atoms with van der Waals surface area (Å²) in [5.41, 5.74) is 1.30. The second kappa shape index (κ2) is 8.20. The first kappa shape index (κ1) is 19.1. The van der Waals surface area contributed by atoms with Crippen LogP contribution in [-0.2, 0) is 4.79 Å². The van der Waals surface area contributed by atoms with E-state index in [0.717, 1.165) is 5.56 Å². The number of carbonyl (C=O) groups is 2. The van der Waals surface area contributed by atoms with Crippen molar-refractivity contribution in [2.75, 3.05) is 6.54 Å². The number of carbonyl (C=O) groups excluding carboxylic acids is 1. The molecule has 0 aliphatic carbocycles. The number of aromatic nitrogens is 1. The zero-order valence-corrected chi connectivity index (χ0v) is 15.2. The molecule has 1 atom stereocenters. The van der Waals surface area contributed by atoms with Gasteiger partial charge in [0, 0.05) is 12.1 Å². The highest BCUT2D eigenvalue weighted by Crippen LogP contribution is 2.28. The number of halogens is 1. The van der Waals surface area contributed by atoms with Crippen LogP contribution in [0.25, 0.3) is 10.6 Å². The van der Waals surface area contributed by atoms with Crippen molar-refractivity contribution in [1.29, 1.82) is 0 Å².